The molecular weight excluding hydrogens is 256 g/mol. The van der Waals surface area contributed by atoms with Crippen LogP contribution in [-0.2, 0) is 0 Å². The molecule has 0 radical (unpaired) electrons. The number of likely N-dealkylation sites (tertiary alicyclic amines) is 1. The van der Waals surface area contributed by atoms with Crippen molar-refractivity contribution in [1.82, 2.24) is 4.90 Å². The number of nitrogens with zero attached hydrogens (tertiary/aromatic N) is 2. The van der Waals surface area contributed by atoms with Crippen molar-refractivity contribution < 1.29 is 5.11 Å². The summed E-state index contributed by atoms with van der Waals surface area (Å²) in [6.45, 7) is 2.43. The fourth-order valence-electron chi connectivity index (χ4n) is 2.48. The maximum absolute atomic E-state index is 10.2. The Labute approximate surface area is 119 Å². The van der Waals surface area contributed by atoms with Crippen molar-refractivity contribution >= 4 is 11.8 Å². The molecule has 2 rings (SSSR count). The van der Waals surface area contributed by atoms with Gasteiger partial charge in [0.2, 0.25) is 0 Å². The third-order valence-corrected chi connectivity index (χ3v) is 5.15. The molecule has 0 spiro atoms. The van der Waals surface area contributed by atoms with Crippen molar-refractivity contribution in [2.75, 3.05) is 25.9 Å². The van der Waals surface area contributed by atoms with Crippen LogP contribution in [0.25, 0.3) is 0 Å². The highest BCUT2D eigenvalue weighted by atomic mass is 32.2. The second-order valence-corrected chi connectivity index (χ2v) is 6.23. The largest absolute Gasteiger partial charge is 0.387 e. The van der Waals surface area contributed by atoms with Crippen LogP contribution in [0.5, 0.6) is 0 Å². The number of benzene rings is 1. The lowest BCUT2D eigenvalue weighted by atomic mass is 9.96. The summed E-state index contributed by atoms with van der Waals surface area (Å²) in [4.78, 5) is 2.25. The Balaban J connectivity index is 1.88. The van der Waals surface area contributed by atoms with E-state index < -0.39 is 6.10 Å². The van der Waals surface area contributed by atoms with E-state index in [1.54, 1.807) is 11.8 Å². The molecule has 0 aliphatic carbocycles. The van der Waals surface area contributed by atoms with Gasteiger partial charge < -0.3 is 10.0 Å². The number of aliphatic hydroxyl groups excluding tert-OH is 1. The Morgan fingerprint density at radius 1 is 1.37 bits per heavy atom. The number of thioether (sulfide) groups is 1. The molecule has 1 N–H and O–H groups in total. The molecule has 1 unspecified atom stereocenters. The minimum Gasteiger partial charge on any atom is -0.387 e. The van der Waals surface area contributed by atoms with Crippen LogP contribution in [0.3, 0.4) is 0 Å². The monoisotopic (exact) mass is 276 g/mol. The Kier molecular flexibility index (Phi) is 4.87. The molecule has 102 valence electrons. The van der Waals surface area contributed by atoms with Crippen LogP contribution in [-0.4, -0.2) is 40.6 Å². The maximum Gasteiger partial charge on any atom is 0.104 e. The predicted molar refractivity (Wildman–Crippen MR) is 78.9 cm³/mol. The number of aliphatic hydroxyl groups is 1. The Morgan fingerprint density at radius 3 is 2.53 bits per heavy atom. The van der Waals surface area contributed by atoms with Gasteiger partial charge in [-0.2, -0.15) is 5.26 Å². The van der Waals surface area contributed by atoms with Gasteiger partial charge >= 0.3 is 0 Å². The van der Waals surface area contributed by atoms with E-state index in [1.807, 2.05) is 36.6 Å². The molecule has 1 aromatic rings. The first-order chi connectivity index (χ1) is 9.19. The lowest BCUT2D eigenvalue weighted by Crippen LogP contribution is -2.43. The van der Waals surface area contributed by atoms with E-state index in [-0.39, 0.29) is 4.75 Å². The average Bonchev–Trinajstić information content (AvgIpc) is 2.49. The van der Waals surface area contributed by atoms with Crippen LogP contribution >= 0.6 is 11.8 Å². The van der Waals surface area contributed by atoms with Gasteiger partial charge in [0.15, 0.2) is 0 Å². The molecule has 0 aromatic heterocycles. The van der Waals surface area contributed by atoms with Gasteiger partial charge in [-0.15, -0.1) is 11.8 Å². The molecule has 19 heavy (non-hydrogen) atoms. The molecular formula is C15H20N2OS. The number of piperidine rings is 1. The van der Waals surface area contributed by atoms with Crippen molar-refractivity contribution in [3.05, 3.63) is 35.9 Å². The zero-order valence-corrected chi connectivity index (χ0v) is 12.1. The standard InChI is InChI=1S/C15H20N2OS/c1-19-15(12-16)7-9-17(10-8-15)11-14(18)13-5-3-2-4-6-13/h2-6,14,18H,7-11H2,1H3. The number of β-amino-alcohol motifs (C(OH)–C–C–N with tert-alkyl or cyclic N) is 1. The van der Waals surface area contributed by atoms with E-state index >= 15 is 0 Å². The van der Waals surface area contributed by atoms with Crippen molar-refractivity contribution in [3.63, 3.8) is 0 Å². The molecule has 1 atom stereocenters. The molecule has 1 aliphatic rings. The molecule has 1 saturated heterocycles. The fourth-order valence-corrected chi connectivity index (χ4v) is 3.17. The first-order valence-corrected chi connectivity index (χ1v) is 7.83. The van der Waals surface area contributed by atoms with Crippen LogP contribution in [0.2, 0.25) is 0 Å². The van der Waals surface area contributed by atoms with Crippen LogP contribution in [0.1, 0.15) is 24.5 Å². The van der Waals surface area contributed by atoms with Crippen LogP contribution < -0.4 is 0 Å². The van der Waals surface area contributed by atoms with Gasteiger partial charge in [-0.3, -0.25) is 0 Å². The van der Waals surface area contributed by atoms with Gasteiger partial charge in [0, 0.05) is 19.6 Å². The quantitative estimate of drug-likeness (QED) is 0.917. The van der Waals surface area contributed by atoms with Gasteiger partial charge in [0.1, 0.15) is 4.75 Å². The van der Waals surface area contributed by atoms with E-state index in [1.165, 1.54) is 0 Å². The summed E-state index contributed by atoms with van der Waals surface area (Å²) in [5, 5.41) is 19.5. The number of nitriles is 1. The Morgan fingerprint density at radius 2 is 2.00 bits per heavy atom. The normalized spacial score (nSPS) is 20.7. The van der Waals surface area contributed by atoms with Crippen molar-refractivity contribution in [3.8, 4) is 6.07 Å². The van der Waals surface area contributed by atoms with Gasteiger partial charge in [-0.1, -0.05) is 30.3 Å². The Bertz CT molecular complexity index is 435. The van der Waals surface area contributed by atoms with Gasteiger partial charge in [-0.25, -0.2) is 0 Å². The maximum atomic E-state index is 10.2. The highest BCUT2D eigenvalue weighted by molar-refractivity contribution is 8.00. The summed E-state index contributed by atoms with van der Waals surface area (Å²) in [7, 11) is 0. The second kappa shape index (κ2) is 6.42. The summed E-state index contributed by atoms with van der Waals surface area (Å²) < 4.78 is -0.214. The van der Waals surface area contributed by atoms with E-state index in [9.17, 15) is 10.4 Å². The van der Waals surface area contributed by atoms with Crippen LogP contribution in [0, 0.1) is 11.3 Å². The third kappa shape index (κ3) is 3.50. The SMILES string of the molecule is CSC1(C#N)CCN(CC(O)c2ccccc2)CC1. The summed E-state index contributed by atoms with van der Waals surface area (Å²) in [5.41, 5.74) is 0.962. The smallest absolute Gasteiger partial charge is 0.104 e. The topological polar surface area (TPSA) is 47.3 Å². The van der Waals surface area contributed by atoms with Crippen LogP contribution in [0.15, 0.2) is 30.3 Å². The summed E-state index contributed by atoms with van der Waals surface area (Å²) in [6, 6.07) is 12.2. The fraction of sp³-hybridized carbons (Fsp3) is 0.533. The number of hydrogen-bond donors (Lipinski definition) is 1. The lowest BCUT2D eigenvalue weighted by Gasteiger charge is -2.37. The van der Waals surface area contributed by atoms with E-state index in [0.29, 0.717) is 6.54 Å². The molecule has 0 saturated carbocycles. The second-order valence-electron chi connectivity index (χ2n) is 5.04. The van der Waals surface area contributed by atoms with E-state index in [4.69, 9.17) is 0 Å². The minimum absolute atomic E-state index is 0.214. The zero-order valence-electron chi connectivity index (χ0n) is 11.2. The summed E-state index contributed by atoms with van der Waals surface area (Å²) in [5.74, 6) is 0. The molecule has 0 bridgehead atoms. The molecule has 3 nitrogen and oxygen atoms in total. The molecule has 1 heterocycles. The predicted octanol–water partition coefficient (Wildman–Crippen LogP) is 2.44. The van der Waals surface area contributed by atoms with Crippen LogP contribution in [0.4, 0.5) is 0 Å². The highest BCUT2D eigenvalue weighted by Crippen LogP contribution is 2.34. The lowest BCUT2D eigenvalue weighted by molar-refractivity contribution is 0.0985. The molecule has 1 aromatic carbocycles. The average molecular weight is 276 g/mol. The molecule has 1 aliphatic heterocycles. The molecule has 1 fully saturated rings. The van der Waals surface area contributed by atoms with Gasteiger partial charge in [0.25, 0.3) is 0 Å². The van der Waals surface area contributed by atoms with Gasteiger partial charge in [0.05, 0.1) is 12.2 Å². The zero-order chi connectivity index (χ0) is 13.7. The van der Waals surface area contributed by atoms with E-state index in [2.05, 4.69) is 11.0 Å². The van der Waals surface area contributed by atoms with Crippen molar-refractivity contribution in [1.29, 1.82) is 5.26 Å². The summed E-state index contributed by atoms with van der Waals surface area (Å²) in [6.07, 6.45) is 3.33. The van der Waals surface area contributed by atoms with E-state index in [0.717, 1.165) is 31.5 Å². The minimum atomic E-state index is -0.440. The molecule has 0 amide bonds. The van der Waals surface area contributed by atoms with Crippen molar-refractivity contribution in [2.24, 2.45) is 0 Å². The van der Waals surface area contributed by atoms with Gasteiger partial charge in [-0.05, 0) is 24.7 Å². The first-order valence-electron chi connectivity index (χ1n) is 6.61. The van der Waals surface area contributed by atoms with Crippen molar-refractivity contribution in [2.45, 2.75) is 23.7 Å². The Hall–Kier alpha value is -1.02. The highest BCUT2D eigenvalue weighted by Gasteiger charge is 2.34. The number of rotatable bonds is 4. The summed E-state index contributed by atoms with van der Waals surface area (Å²) >= 11 is 1.66. The third-order valence-electron chi connectivity index (χ3n) is 3.87. The molecule has 4 heteroatoms. The number of hydrogen-bond acceptors (Lipinski definition) is 4. The first kappa shape index (κ1) is 14.4.